The van der Waals surface area contributed by atoms with Gasteiger partial charge in [-0.05, 0) is 89.9 Å². The Morgan fingerprint density at radius 1 is 1.05 bits per heavy atom. The summed E-state index contributed by atoms with van der Waals surface area (Å²) in [5, 5.41) is 16.7. The fraction of sp³-hybridized carbons (Fsp3) is 0.277. The Kier molecular flexibility index (Phi) is 11.5. The van der Waals surface area contributed by atoms with Gasteiger partial charge in [-0.15, -0.1) is 0 Å². The van der Waals surface area contributed by atoms with Crippen molar-refractivity contribution in [3.63, 3.8) is 0 Å². The molecule has 0 bridgehead atoms. The van der Waals surface area contributed by atoms with E-state index in [1.54, 1.807) is 30.5 Å². The molecule has 2 aromatic heterocycles. The average molecular weight is 906 g/mol. The van der Waals surface area contributed by atoms with Crippen LogP contribution in [0.1, 0.15) is 60.6 Å². The number of ether oxygens (including phenoxy) is 2. The Balaban J connectivity index is 0.955. The fourth-order valence-corrected chi connectivity index (χ4v) is 9.77. The van der Waals surface area contributed by atoms with Gasteiger partial charge in [-0.1, -0.05) is 55.3 Å². The van der Waals surface area contributed by atoms with Crippen LogP contribution in [0.3, 0.4) is 0 Å². The molecule has 17 heteroatoms. The number of pyridine rings is 1. The summed E-state index contributed by atoms with van der Waals surface area (Å²) in [6.07, 6.45) is 6.39. The van der Waals surface area contributed by atoms with Crippen molar-refractivity contribution in [1.82, 2.24) is 19.6 Å². The van der Waals surface area contributed by atoms with E-state index in [0.29, 0.717) is 35.1 Å². The first-order valence-electron chi connectivity index (χ1n) is 20.9. The highest BCUT2D eigenvalue weighted by atomic mass is 35.5. The number of aromatic nitrogens is 2. The number of halogens is 2. The van der Waals surface area contributed by atoms with Crippen molar-refractivity contribution in [2.75, 3.05) is 49.5 Å². The Morgan fingerprint density at radius 3 is 2.61 bits per heavy atom. The molecule has 4 heterocycles. The molecule has 14 nitrogen and oxygen atoms in total. The molecule has 64 heavy (non-hydrogen) atoms. The van der Waals surface area contributed by atoms with Gasteiger partial charge in [0.15, 0.2) is 11.4 Å². The van der Waals surface area contributed by atoms with Crippen LogP contribution in [0.2, 0.25) is 5.02 Å². The smallest absolute Gasteiger partial charge is 0.297 e. The molecule has 0 radical (unpaired) electrons. The summed E-state index contributed by atoms with van der Waals surface area (Å²) in [5.41, 5.74) is 5.40. The first-order valence-corrected chi connectivity index (χ1v) is 22.8. The van der Waals surface area contributed by atoms with Crippen LogP contribution in [0.5, 0.6) is 17.2 Å². The second kappa shape index (κ2) is 17.2. The van der Waals surface area contributed by atoms with Crippen LogP contribution in [0, 0.1) is 21.3 Å². The number of piperazine rings is 1. The number of aromatic amines is 1. The molecule has 3 aliphatic rings. The predicted octanol–water partition coefficient (Wildman–Crippen LogP) is 9.51. The zero-order valence-electron chi connectivity index (χ0n) is 35.1. The van der Waals surface area contributed by atoms with Crippen molar-refractivity contribution in [1.29, 1.82) is 0 Å². The molecule has 330 valence electrons. The van der Waals surface area contributed by atoms with Crippen LogP contribution in [-0.4, -0.2) is 73.4 Å². The lowest BCUT2D eigenvalue weighted by atomic mass is 9.72. The Bertz CT molecular complexity index is 2930. The van der Waals surface area contributed by atoms with E-state index in [-0.39, 0.29) is 34.8 Å². The van der Waals surface area contributed by atoms with Crippen molar-refractivity contribution >= 4 is 61.2 Å². The van der Waals surface area contributed by atoms with E-state index in [2.05, 4.69) is 55.8 Å². The Labute approximate surface area is 374 Å². The molecule has 1 fully saturated rings. The van der Waals surface area contributed by atoms with Crippen molar-refractivity contribution < 1.29 is 32.0 Å². The van der Waals surface area contributed by atoms with Gasteiger partial charge in [0, 0.05) is 73.2 Å². The summed E-state index contributed by atoms with van der Waals surface area (Å²) in [7, 11) is -4.72. The lowest BCUT2D eigenvalue weighted by molar-refractivity contribution is -0.384. The number of fused-ring (bicyclic) bond motifs is 2. The number of hydrogen-bond acceptors (Lipinski definition) is 11. The van der Waals surface area contributed by atoms with Crippen molar-refractivity contribution in [2.24, 2.45) is 5.41 Å². The quantitative estimate of drug-likeness (QED) is 0.0835. The van der Waals surface area contributed by atoms with Gasteiger partial charge in [0.05, 0.1) is 27.6 Å². The summed E-state index contributed by atoms with van der Waals surface area (Å²) in [4.78, 5) is 37.1. The van der Waals surface area contributed by atoms with Gasteiger partial charge in [0.1, 0.15) is 29.6 Å². The minimum Gasteiger partial charge on any atom is -0.489 e. The SMILES string of the molecule is CC1(C)CCC(CN2CCN(c3ccc(C(=O)NS(=O)(=O)c4cc5c(c([N+](=O)[O-])c4)N[C@@H](c4cccc(F)c4)CO5)c(Oc4cnc5[nH]ccc5c4)c3)CC2)=C(c2ccc(Cl)cc2)C1. The molecule has 1 saturated heterocycles. The van der Waals surface area contributed by atoms with Gasteiger partial charge in [-0.2, -0.15) is 0 Å². The number of nitro groups is 1. The number of allylic oxidation sites excluding steroid dienone is 1. The third-order valence-electron chi connectivity index (χ3n) is 12.1. The van der Waals surface area contributed by atoms with Crippen LogP contribution in [-0.2, 0) is 10.0 Å². The van der Waals surface area contributed by atoms with Crippen molar-refractivity contribution in [3.05, 3.63) is 147 Å². The number of amides is 1. The monoisotopic (exact) mass is 905 g/mol. The number of H-pyrrole nitrogens is 1. The summed E-state index contributed by atoms with van der Waals surface area (Å²) in [5.74, 6) is -1.23. The molecule has 0 unspecified atom stereocenters. The number of hydrogen-bond donors (Lipinski definition) is 3. The molecule has 1 aliphatic carbocycles. The number of carbonyl (C=O) groups excluding carboxylic acids is 1. The number of nitrogens with one attached hydrogen (secondary N) is 3. The van der Waals surface area contributed by atoms with Gasteiger partial charge < -0.3 is 24.7 Å². The number of carbonyl (C=O) groups is 1. The zero-order valence-corrected chi connectivity index (χ0v) is 36.6. The normalized spacial score (nSPS) is 17.6. The molecule has 0 spiro atoms. The van der Waals surface area contributed by atoms with E-state index in [9.17, 15) is 27.7 Å². The van der Waals surface area contributed by atoms with Gasteiger partial charge in [-0.25, -0.2) is 22.5 Å². The number of anilines is 2. The summed E-state index contributed by atoms with van der Waals surface area (Å²) in [6, 6.07) is 23.7. The molecular weight excluding hydrogens is 861 g/mol. The molecule has 0 saturated carbocycles. The first-order chi connectivity index (χ1) is 30.7. The highest BCUT2D eigenvalue weighted by Gasteiger charge is 2.34. The standard InChI is InChI=1S/C47H45ClFN7O7S/c1-47(2)14-12-32(39(25-47)29-6-8-33(48)9-7-29)27-54-16-18-55(19-17-54)35-10-11-38(42(22-35)63-36-21-31-13-15-50-45(31)51-26-36)46(57)53-64(60,61)37-23-41(56(58)59)44-43(24-37)62-28-40(52-44)30-4-3-5-34(49)20-30/h3-11,13,15,20-24,26,40,52H,12,14,16-19,25,27-28H2,1-2H3,(H,50,51)(H,53,57)/t40-/m1/s1. The lowest BCUT2D eigenvalue weighted by Crippen LogP contribution is -2.47. The lowest BCUT2D eigenvalue weighted by Gasteiger charge is -2.39. The van der Waals surface area contributed by atoms with Gasteiger partial charge >= 0.3 is 0 Å². The molecule has 4 aromatic carbocycles. The van der Waals surface area contributed by atoms with Gasteiger partial charge in [0.2, 0.25) is 0 Å². The fourth-order valence-electron chi connectivity index (χ4n) is 8.64. The van der Waals surface area contributed by atoms with Crippen molar-refractivity contribution in [3.8, 4) is 17.2 Å². The maximum atomic E-state index is 14.0. The topological polar surface area (TPSA) is 172 Å². The summed E-state index contributed by atoms with van der Waals surface area (Å²) < 4.78 is 55.9. The molecule has 9 rings (SSSR count). The van der Waals surface area contributed by atoms with Crippen LogP contribution in [0.15, 0.2) is 114 Å². The minimum atomic E-state index is -4.72. The average Bonchev–Trinajstić information content (AvgIpc) is 3.75. The second-order valence-corrected chi connectivity index (χ2v) is 19.3. The molecule has 6 aromatic rings. The molecule has 3 N–H and O–H groups in total. The number of nitrogens with zero attached hydrogens (tertiary/aromatic N) is 4. The molecule has 1 amide bonds. The van der Waals surface area contributed by atoms with Crippen LogP contribution in [0.4, 0.5) is 21.5 Å². The predicted molar refractivity (Wildman–Crippen MR) is 243 cm³/mol. The summed E-state index contributed by atoms with van der Waals surface area (Å²) >= 11 is 6.24. The van der Waals surface area contributed by atoms with Gasteiger partial charge in [-0.3, -0.25) is 19.8 Å². The van der Waals surface area contributed by atoms with Crippen LogP contribution in [0.25, 0.3) is 16.6 Å². The number of rotatable bonds is 11. The van der Waals surface area contributed by atoms with E-state index >= 15 is 0 Å². The van der Waals surface area contributed by atoms with Crippen molar-refractivity contribution in [2.45, 2.75) is 44.0 Å². The minimum absolute atomic E-state index is 0.0726. The van der Waals surface area contributed by atoms with E-state index in [4.69, 9.17) is 21.1 Å². The van der Waals surface area contributed by atoms with E-state index in [1.165, 1.54) is 47.2 Å². The van der Waals surface area contributed by atoms with Crippen LogP contribution >= 0.6 is 11.6 Å². The Hall–Kier alpha value is -6.49. The third kappa shape index (κ3) is 9.12. The Morgan fingerprint density at radius 2 is 1.84 bits per heavy atom. The molecule has 2 aliphatic heterocycles. The highest BCUT2D eigenvalue weighted by molar-refractivity contribution is 7.90. The van der Waals surface area contributed by atoms with E-state index in [1.807, 2.05) is 18.2 Å². The first kappa shape index (κ1) is 42.8. The molecular formula is C47H45ClFN7O7S. The van der Waals surface area contributed by atoms with Gasteiger partial charge in [0.25, 0.3) is 21.6 Å². The number of benzene rings is 4. The van der Waals surface area contributed by atoms with Crippen LogP contribution < -0.4 is 24.4 Å². The van der Waals surface area contributed by atoms with E-state index < -0.39 is 43.3 Å². The summed E-state index contributed by atoms with van der Waals surface area (Å²) in [6.45, 7) is 8.42. The second-order valence-electron chi connectivity index (χ2n) is 17.1. The maximum Gasteiger partial charge on any atom is 0.297 e. The molecule has 1 atom stereocenters. The zero-order chi connectivity index (χ0) is 44.8. The number of sulfonamides is 1. The highest BCUT2D eigenvalue weighted by Crippen LogP contribution is 2.45. The largest absolute Gasteiger partial charge is 0.489 e. The number of nitro benzene ring substituents is 1. The van der Waals surface area contributed by atoms with E-state index in [0.717, 1.165) is 62.1 Å². The maximum absolute atomic E-state index is 14.0. The third-order valence-corrected chi connectivity index (χ3v) is 13.7.